The van der Waals surface area contributed by atoms with Gasteiger partial charge in [-0.2, -0.15) is 22.8 Å². The third-order valence-corrected chi connectivity index (χ3v) is 3.97. The minimum atomic E-state index is 0. The van der Waals surface area contributed by atoms with Crippen LogP contribution in [0.4, 0.5) is 0 Å². The molecule has 0 N–H and O–H groups in total. The second-order valence-electron chi connectivity index (χ2n) is 5.07. The number of aryl methyl sites for hydroxylation is 4. The molecule has 2 aromatic heterocycles. The first-order valence-electron chi connectivity index (χ1n) is 6.39. The Labute approximate surface area is 172 Å². The van der Waals surface area contributed by atoms with Crippen molar-refractivity contribution in [3.05, 3.63) is 74.7 Å². The van der Waals surface area contributed by atoms with Crippen LogP contribution in [-0.2, 0) is 33.0 Å². The fourth-order valence-corrected chi connectivity index (χ4v) is 1.92. The van der Waals surface area contributed by atoms with Crippen molar-refractivity contribution >= 4 is 0 Å². The van der Waals surface area contributed by atoms with Gasteiger partial charge in [-0.1, -0.05) is 49.9 Å². The van der Waals surface area contributed by atoms with Gasteiger partial charge in [-0.05, 0) is 27.7 Å². The predicted octanol–water partition coefficient (Wildman–Crippen LogP) is 5.55. The normalized spacial score (nSPS) is 7.67. The molecule has 0 unspecified atom stereocenters. The summed E-state index contributed by atoms with van der Waals surface area (Å²) in [5, 5.41) is 0. The van der Waals surface area contributed by atoms with Gasteiger partial charge in [0.2, 0.25) is 0 Å². The first kappa shape index (κ1) is 38.9. The summed E-state index contributed by atoms with van der Waals surface area (Å²) in [6, 6.07) is 0. The maximum absolute atomic E-state index is 4.31. The van der Waals surface area contributed by atoms with Crippen LogP contribution in [0, 0.1) is 85.1 Å². The number of rotatable bonds is 0. The zero-order chi connectivity index (χ0) is 14.0. The Kier molecular flexibility index (Phi) is 26.0. The van der Waals surface area contributed by atoms with Crippen molar-refractivity contribution in [1.29, 1.82) is 0 Å². The van der Waals surface area contributed by atoms with Crippen LogP contribution in [0.5, 0.6) is 0 Å². The number of hydrogen-bond acceptors (Lipinski definition) is 0. The minimum absolute atomic E-state index is 0. The van der Waals surface area contributed by atoms with Crippen LogP contribution in [0.15, 0.2) is 0 Å². The molecule has 4 heteroatoms. The van der Waals surface area contributed by atoms with Crippen LogP contribution in [-0.4, -0.2) is 0 Å². The molecule has 2 heterocycles. The van der Waals surface area contributed by atoms with Gasteiger partial charge in [-0.3, -0.25) is 0 Å². The number of aromatic nitrogens is 2. The van der Waals surface area contributed by atoms with Crippen molar-refractivity contribution in [3.63, 3.8) is 0 Å². The van der Waals surface area contributed by atoms with Crippen molar-refractivity contribution in [2.75, 3.05) is 0 Å². The molecule has 0 fully saturated rings. The second-order valence-corrected chi connectivity index (χ2v) is 5.07. The summed E-state index contributed by atoms with van der Waals surface area (Å²) >= 11 is 0. The van der Waals surface area contributed by atoms with E-state index in [0.717, 1.165) is 0 Å². The monoisotopic (exact) mass is 420 g/mol. The fourth-order valence-electron chi connectivity index (χ4n) is 1.92. The number of hydrogen-bond donors (Lipinski definition) is 0. The Balaban J connectivity index is -0.0000000540. The molecule has 24 heavy (non-hydrogen) atoms. The van der Waals surface area contributed by atoms with Crippen LogP contribution in [0.3, 0.4) is 0 Å². The molecule has 0 spiro atoms. The van der Waals surface area contributed by atoms with Crippen molar-refractivity contribution in [1.82, 2.24) is 9.97 Å². The van der Waals surface area contributed by atoms with Crippen molar-refractivity contribution < 1.29 is 33.0 Å². The summed E-state index contributed by atoms with van der Waals surface area (Å²) in [5.74, 6) is 0. The summed E-state index contributed by atoms with van der Waals surface area (Å²) in [5.41, 5.74) is 10.0. The molecule has 2 rings (SSSR count). The average Bonchev–Trinajstić information content (AvgIpc) is 2.66. The summed E-state index contributed by atoms with van der Waals surface area (Å²) in [6.45, 7) is 16.7. The molecule has 0 saturated heterocycles. The molecule has 0 aromatic carbocycles. The summed E-state index contributed by atoms with van der Waals surface area (Å²) < 4.78 is 0. The van der Waals surface area contributed by atoms with Crippen LogP contribution in [0.2, 0.25) is 0 Å². The van der Waals surface area contributed by atoms with E-state index in [1.807, 2.05) is 0 Å². The summed E-state index contributed by atoms with van der Waals surface area (Å²) in [4.78, 5) is 8.62. The number of nitrogens with zero attached hydrogens (tertiary/aromatic N) is 2. The van der Waals surface area contributed by atoms with Crippen LogP contribution in [0.25, 0.3) is 0 Å². The molecule has 0 radical (unpaired) electrons. The first-order valence-corrected chi connectivity index (χ1v) is 6.39. The molecule has 0 saturated carbocycles. The van der Waals surface area contributed by atoms with Crippen LogP contribution < -0.4 is 9.97 Å². The van der Waals surface area contributed by atoms with Gasteiger partial charge in [0.15, 0.2) is 0 Å². The Morgan fingerprint density at radius 3 is 0.542 bits per heavy atom. The van der Waals surface area contributed by atoms with Crippen LogP contribution >= 0.6 is 0 Å². The Hall–Kier alpha value is -0.453. The molecular formula is C20H36N2Ni2-6. The van der Waals surface area contributed by atoms with Gasteiger partial charge in [-0.15, -0.1) is 0 Å². The van der Waals surface area contributed by atoms with Gasteiger partial charge in [0.05, 0.1) is 0 Å². The van der Waals surface area contributed by atoms with E-state index in [2.05, 4.69) is 65.4 Å². The molecule has 0 atom stereocenters. The molecular weight excluding hydrogens is 386 g/mol. The van der Waals surface area contributed by atoms with Gasteiger partial charge in [0, 0.05) is 33.0 Å². The standard InChI is InChI=1S/2C8H12N.4CH3.2Ni/c2*1-5-6(2)8(4)9-7(5)3;;;;;;/h2*1-4H3;4*1H3;;/q6*-1;;. The quantitative estimate of drug-likeness (QED) is 0.412. The molecule has 0 aliphatic heterocycles. The van der Waals surface area contributed by atoms with Gasteiger partial charge >= 0.3 is 0 Å². The average molecular weight is 422 g/mol. The summed E-state index contributed by atoms with van der Waals surface area (Å²) in [6.07, 6.45) is 0. The van der Waals surface area contributed by atoms with E-state index in [0.29, 0.717) is 0 Å². The van der Waals surface area contributed by atoms with E-state index in [1.54, 1.807) is 0 Å². The predicted molar refractivity (Wildman–Crippen MR) is 103 cm³/mol. The molecule has 0 amide bonds. The second kappa shape index (κ2) is 16.0. The fraction of sp³-hybridized carbons (Fsp3) is 0.400. The third-order valence-electron chi connectivity index (χ3n) is 3.97. The van der Waals surface area contributed by atoms with Crippen molar-refractivity contribution in [2.24, 2.45) is 0 Å². The van der Waals surface area contributed by atoms with Crippen molar-refractivity contribution in [2.45, 2.75) is 55.4 Å². The molecule has 152 valence electrons. The van der Waals surface area contributed by atoms with E-state index in [4.69, 9.17) is 0 Å². The zero-order valence-electron chi connectivity index (χ0n) is 17.5. The molecule has 2 nitrogen and oxygen atoms in total. The molecule has 0 aliphatic carbocycles. The smallest absolute Gasteiger partial charge is 0 e. The van der Waals surface area contributed by atoms with E-state index >= 15 is 0 Å². The third kappa shape index (κ3) is 9.14. The van der Waals surface area contributed by atoms with Gasteiger partial charge < -0.3 is 39.7 Å². The topological polar surface area (TPSA) is 28.2 Å². The Bertz CT molecular complexity index is 457. The van der Waals surface area contributed by atoms with Gasteiger partial charge in [0.25, 0.3) is 0 Å². The first-order chi connectivity index (χ1) is 8.25. The SMILES string of the molecule is Cc1[n-]c(C)c(C)c1C.Cc1[n-]c(C)c(C)c1C.[CH3-].[CH3-].[CH3-].[CH3-].[Ni].[Ni]. The molecule has 0 aliphatic rings. The van der Waals surface area contributed by atoms with E-state index in [9.17, 15) is 0 Å². The zero-order valence-corrected chi connectivity index (χ0v) is 19.5. The van der Waals surface area contributed by atoms with Gasteiger partial charge in [-0.25, -0.2) is 0 Å². The van der Waals surface area contributed by atoms with E-state index in [-0.39, 0.29) is 62.7 Å². The largest absolute Gasteiger partial charge is 0.665 e. The molecule has 2 aromatic rings. The van der Waals surface area contributed by atoms with E-state index in [1.165, 1.54) is 45.0 Å². The van der Waals surface area contributed by atoms with Crippen LogP contribution in [0.1, 0.15) is 45.0 Å². The minimum Gasteiger partial charge on any atom is -0.665 e. The Morgan fingerprint density at radius 1 is 0.375 bits per heavy atom. The van der Waals surface area contributed by atoms with E-state index < -0.39 is 0 Å². The van der Waals surface area contributed by atoms with Gasteiger partial charge in [0.1, 0.15) is 0 Å². The Morgan fingerprint density at radius 2 is 0.500 bits per heavy atom. The van der Waals surface area contributed by atoms with Crippen molar-refractivity contribution in [3.8, 4) is 0 Å². The maximum Gasteiger partial charge on any atom is 0 e. The molecule has 0 bridgehead atoms. The maximum atomic E-state index is 4.31. The summed E-state index contributed by atoms with van der Waals surface area (Å²) in [7, 11) is 0.